The number of aliphatic imine (C=N–C) groups is 1. The zero-order valence-electron chi connectivity index (χ0n) is 10.3. The largest absolute Gasteiger partial charge is 0.394 e. The molecule has 0 spiro atoms. The minimum Gasteiger partial charge on any atom is -0.394 e. The van der Waals surface area contributed by atoms with E-state index in [1.54, 1.807) is 0 Å². The number of nitrogens with one attached hydrogen (secondary N) is 1. The molecule has 0 aromatic heterocycles. The van der Waals surface area contributed by atoms with Gasteiger partial charge in [0.05, 0.1) is 12.6 Å². The van der Waals surface area contributed by atoms with E-state index in [2.05, 4.69) is 17.2 Å². The molecular formula is C11H20N2O4S. The number of hydrogen-bond donors (Lipinski definition) is 4. The molecule has 18 heavy (non-hydrogen) atoms. The minimum atomic E-state index is -1.07. The zero-order chi connectivity index (χ0) is 13.1. The van der Waals surface area contributed by atoms with Crippen molar-refractivity contribution in [1.82, 2.24) is 5.32 Å². The van der Waals surface area contributed by atoms with Gasteiger partial charge in [-0.05, 0) is 6.42 Å². The highest BCUT2D eigenvalue weighted by atomic mass is 32.2. The van der Waals surface area contributed by atoms with Gasteiger partial charge in [0, 0.05) is 6.54 Å². The standard InChI is InChI=1S/C11H20N2O4S/c1-2-3-4-12-11-13-7-9(16)8(15)6(5-14)17-10(7)18-11/h6-10,14-16H,2-5H2,1H3,(H,12,13)/t6-,7?,8-,9-,10+/m1/s1. The lowest BCUT2D eigenvalue weighted by molar-refractivity contribution is -0.167. The fraction of sp³-hybridized carbons (Fsp3) is 0.909. The van der Waals surface area contributed by atoms with E-state index in [1.165, 1.54) is 11.8 Å². The second-order valence-electron chi connectivity index (χ2n) is 4.54. The number of unbranched alkanes of at least 4 members (excludes halogenated alkanes) is 1. The maximum Gasteiger partial charge on any atom is 0.159 e. The van der Waals surface area contributed by atoms with E-state index in [1.807, 2.05) is 0 Å². The lowest BCUT2D eigenvalue weighted by Crippen LogP contribution is -2.59. The van der Waals surface area contributed by atoms with Gasteiger partial charge in [-0.15, -0.1) is 0 Å². The zero-order valence-corrected chi connectivity index (χ0v) is 11.1. The van der Waals surface area contributed by atoms with E-state index in [9.17, 15) is 10.2 Å². The van der Waals surface area contributed by atoms with Crippen LogP contribution in [-0.4, -0.2) is 63.4 Å². The van der Waals surface area contributed by atoms with E-state index in [4.69, 9.17) is 9.84 Å². The summed E-state index contributed by atoms with van der Waals surface area (Å²) in [5.74, 6) is 0. The molecule has 7 heteroatoms. The van der Waals surface area contributed by atoms with Gasteiger partial charge in [-0.25, -0.2) is 0 Å². The average molecular weight is 276 g/mol. The number of ether oxygens (including phenoxy) is 1. The second kappa shape index (κ2) is 6.21. The molecule has 2 saturated heterocycles. The number of rotatable bonds is 4. The van der Waals surface area contributed by atoms with Crippen molar-refractivity contribution >= 4 is 16.9 Å². The second-order valence-corrected chi connectivity index (χ2v) is 5.62. The van der Waals surface area contributed by atoms with Crippen LogP contribution in [0.1, 0.15) is 19.8 Å². The lowest BCUT2D eigenvalue weighted by atomic mass is 9.98. The lowest BCUT2D eigenvalue weighted by Gasteiger charge is -2.38. The summed E-state index contributed by atoms with van der Waals surface area (Å²) in [5.41, 5.74) is -0.305. The van der Waals surface area contributed by atoms with Crippen molar-refractivity contribution in [1.29, 1.82) is 0 Å². The first-order valence-electron chi connectivity index (χ1n) is 6.27. The van der Waals surface area contributed by atoms with E-state index in [0.717, 1.165) is 24.6 Å². The monoisotopic (exact) mass is 276 g/mol. The molecule has 2 heterocycles. The molecule has 5 atom stereocenters. The molecule has 0 amide bonds. The quantitative estimate of drug-likeness (QED) is 0.507. The van der Waals surface area contributed by atoms with Crippen molar-refractivity contribution < 1.29 is 20.1 Å². The molecule has 0 aromatic rings. The molecule has 0 radical (unpaired) electrons. The van der Waals surface area contributed by atoms with Gasteiger partial charge in [0.2, 0.25) is 0 Å². The van der Waals surface area contributed by atoms with Gasteiger partial charge in [-0.1, -0.05) is 25.1 Å². The van der Waals surface area contributed by atoms with Crippen molar-refractivity contribution in [3.63, 3.8) is 0 Å². The minimum absolute atomic E-state index is 0.301. The fourth-order valence-corrected chi connectivity index (χ4v) is 3.21. The highest BCUT2D eigenvalue weighted by Crippen LogP contribution is 2.33. The number of hydrogen-bond acceptors (Lipinski definition) is 6. The van der Waals surface area contributed by atoms with Crippen LogP contribution in [-0.2, 0) is 4.74 Å². The van der Waals surface area contributed by atoms with Crippen molar-refractivity contribution in [3.8, 4) is 0 Å². The first-order valence-corrected chi connectivity index (χ1v) is 7.15. The highest BCUT2D eigenvalue weighted by molar-refractivity contribution is 8.14. The molecule has 0 aliphatic carbocycles. The summed E-state index contributed by atoms with van der Waals surface area (Å²) in [4.78, 5) is 4.38. The third kappa shape index (κ3) is 2.80. The SMILES string of the molecule is CCCCN=C1NC2[C@@H](O)[C@H](O)[C@@H](CO)O[C@H]2S1. The predicted octanol–water partition coefficient (Wildman–Crippen LogP) is -0.713. The molecular weight excluding hydrogens is 256 g/mol. The number of nitrogens with zero attached hydrogens (tertiary/aromatic N) is 1. The average Bonchev–Trinajstić information content (AvgIpc) is 2.77. The van der Waals surface area contributed by atoms with E-state index in [-0.39, 0.29) is 18.1 Å². The molecule has 0 saturated carbocycles. The summed E-state index contributed by atoms with van der Waals surface area (Å²) in [7, 11) is 0. The Kier molecular flexibility index (Phi) is 4.85. The van der Waals surface area contributed by atoms with Crippen molar-refractivity contribution in [2.45, 2.75) is 49.6 Å². The third-order valence-corrected chi connectivity index (χ3v) is 4.27. The van der Waals surface area contributed by atoms with Gasteiger partial charge < -0.3 is 25.4 Å². The van der Waals surface area contributed by atoms with Crippen LogP contribution in [0, 0.1) is 0 Å². The van der Waals surface area contributed by atoms with Crippen LogP contribution >= 0.6 is 11.8 Å². The van der Waals surface area contributed by atoms with Gasteiger partial charge in [0.25, 0.3) is 0 Å². The molecule has 2 aliphatic heterocycles. The number of aliphatic hydroxyl groups is 3. The molecule has 104 valence electrons. The third-order valence-electron chi connectivity index (χ3n) is 3.17. The van der Waals surface area contributed by atoms with Crippen LogP contribution in [0.2, 0.25) is 0 Å². The summed E-state index contributed by atoms with van der Waals surface area (Å²) in [6, 6.07) is -0.367. The molecule has 2 aliphatic rings. The van der Waals surface area contributed by atoms with E-state index >= 15 is 0 Å². The first kappa shape index (κ1) is 14.1. The maximum absolute atomic E-state index is 9.97. The molecule has 4 N–H and O–H groups in total. The Bertz CT molecular complexity index is 315. The Morgan fingerprint density at radius 2 is 2.17 bits per heavy atom. The summed E-state index contributed by atoms with van der Waals surface area (Å²) >= 11 is 1.40. The maximum atomic E-state index is 9.97. The van der Waals surface area contributed by atoms with Gasteiger partial charge in [0.15, 0.2) is 5.17 Å². The van der Waals surface area contributed by atoms with Crippen molar-refractivity contribution in [2.75, 3.05) is 13.2 Å². The Labute approximate surface area is 110 Å². The van der Waals surface area contributed by atoms with Crippen LogP contribution < -0.4 is 5.32 Å². The fourth-order valence-electron chi connectivity index (χ4n) is 2.04. The van der Waals surface area contributed by atoms with Crippen molar-refractivity contribution in [3.05, 3.63) is 0 Å². The number of fused-ring (bicyclic) bond motifs is 1. The summed E-state index contributed by atoms with van der Waals surface area (Å²) in [6.45, 7) is 2.54. The molecule has 2 rings (SSSR count). The number of aliphatic hydroxyl groups excluding tert-OH is 3. The summed E-state index contributed by atoms with van der Waals surface area (Å²) in [6.07, 6.45) is -0.650. The Hall–Kier alpha value is -0.340. The van der Waals surface area contributed by atoms with Gasteiger partial charge in [0.1, 0.15) is 23.7 Å². The molecule has 2 fully saturated rings. The predicted molar refractivity (Wildman–Crippen MR) is 69.5 cm³/mol. The van der Waals surface area contributed by atoms with Gasteiger partial charge in [-0.2, -0.15) is 0 Å². The number of thioether (sulfide) groups is 1. The van der Waals surface area contributed by atoms with E-state index < -0.39 is 18.3 Å². The van der Waals surface area contributed by atoms with Crippen LogP contribution in [0.4, 0.5) is 0 Å². The molecule has 0 aromatic carbocycles. The highest BCUT2D eigenvalue weighted by Gasteiger charge is 2.48. The van der Waals surface area contributed by atoms with Crippen LogP contribution in [0.3, 0.4) is 0 Å². The topological polar surface area (TPSA) is 94.3 Å². The normalized spacial score (nSPS) is 41.8. The van der Waals surface area contributed by atoms with Gasteiger partial charge >= 0.3 is 0 Å². The Morgan fingerprint density at radius 1 is 1.39 bits per heavy atom. The number of amidine groups is 1. The van der Waals surface area contributed by atoms with Crippen LogP contribution in [0.25, 0.3) is 0 Å². The summed E-state index contributed by atoms with van der Waals surface area (Å²) in [5, 5.41) is 32.6. The van der Waals surface area contributed by atoms with E-state index in [0.29, 0.717) is 0 Å². The smallest absolute Gasteiger partial charge is 0.159 e. The first-order chi connectivity index (χ1) is 8.67. The van der Waals surface area contributed by atoms with Crippen molar-refractivity contribution in [2.24, 2.45) is 4.99 Å². The Morgan fingerprint density at radius 3 is 2.83 bits per heavy atom. The molecule has 0 bridgehead atoms. The molecule has 6 nitrogen and oxygen atoms in total. The van der Waals surface area contributed by atoms with Crippen LogP contribution in [0.15, 0.2) is 4.99 Å². The van der Waals surface area contributed by atoms with Gasteiger partial charge in [-0.3, -0.25) is 4.99 Å². The summed E-state index contributed by atoms with van der Waals surface area (Å²) < 4.78 is 5.54. The Balaban J connectivity index is 1.98. The molecule has 1 unspecified atom stereocenters. The van der Waals surface area contributed by atoms with Crippen LogP contribution in [0.5, 0.6) is 0 Å².